The molecule has 0 unspecified atom stereocenters. The van der Waals surface area contributed by atoms with E-state index in [9.17, 15) is 14.7 Å². The van der Waals surface area contributed by atoms with Gasteiger partial charge in [-0.1, -0.05) is 48.5 Å². The van der Waals surface area contributed by atoms with Crippen LogP contribution in [0, 0.1) is 0 Å². The molecule has 4 rings (SSSR count). The summed E-state index contributed by atoms with van der Waals surface area (Å²) in [5, 5.41) is 11.8. The summed E-state index contributed by atoms with van der Waals surface area (Å²) in [5.41, 5.74) is 20.8. The van der Waals surface area contributed by atoms with E-state index in [0.29, 0.717) is 0 Å². The summed E-state index contributed by atoms with van der Waals surface area (Å²) < 4.78 is 5.52. The Morgan fingerprint density at radius 3 is 2.15 bits per heavy atom. The van der Waals surface area contributed by atoms with Crippen molar-refractivity contribution in [1.82, 2.24) is 0 Å². The summed E-state index contributed by atoms with van der Waals surface area (Å²) in [5.74, 6) is -1.87. The second kappa shape index (κ2) is 9.33. The molecule has 0 aliphatic heterocycles. The maximum atomic E-state index is 12.7. The van der Waals surface area contributed by atoms with E-state index in [1.165, 1.54) is 18.2 Å². The lowest BCUT2D eigenvalue weighted by Gasteiger charge is -2.15. The van der Waals surface area contributed by atoms with E-state index < -0.39 is 12.1 Å². The SMILES string of the molecule is NC(N)=NC(N)=Nc1ccc(C(=O)O)cc1NC(=O)OCC1c2ccccc2-c2ccccc21. The second-order valence-electron chi connectivity index (χ2n) is 7.49. The van der Waals surface area contributed by atoms with Crippen molar-refractivity contribution in [2.45, 2.75) is 5.92 Å². The van der Waals surface area contributed by atoms with Crippen LogP contribution < -0.4 is 22.5 Å². The first kappa shape index (κ1) is 22.3. The molecule has 0 bridgehead atoms. The maximum absolute atomic E-state index is 12.7. The Kier molecular flexibility index (Phi) is 6.13. The van der Waals surface area contributed by atoms with Crippen LogP contribution in [0.1, 0.15) is 27.4 Å². The Hall–Kier alpha value is -4.86. The third-order valence-electron chi connectivity index (χ3n) is 5.30. The smallest absolute Gasteiger partial charge is 0.411 e. The topological polar surface area (TPSA) is 178 Å². The van der Waals surface area contributed by atoms with Gasteiger partial charge in [0.1, 0.15) is 6.61 Å². The Labute approximate surface area is 194 Å². The molecule has 0 atom stereocenters. The van der Waals surface area contributed by atoms with Gasteiger partial charge in [-0.15, -0.1) is 0 Å². The summed E-state index contributed by atoms with van der Waals surface area (Å²) in [4.78, 5) is 31.7. The van der Waals surface area contributed by atoms with Crippen molar-refractivity contribution in [3.05, 3.63) is 83.4 Å². The van der Waals surface area contributed by atoms with E-state index >= 15 is 0 Å². The van der Waals surface area contributed by atoms with Gasteiger partial charge in [0.05, 0.1) is 16.9 Å². The highest BCUT2D eigenvalue weighted by atomic mass is 16.5. The van der Waals surface area contributed by atoms with E-state index in [1.54, 1.807) is 0 Å². The number of carboxylic acid groups (broad SMARTS) is 1. The third-order valence-corrected chi connectivity index (χ3v) is 5.30. The number of fused-ring (bicyclic) bond motifs is 3. The molecule has 34 heavy (non-hydrogen) atoms. The molecular formula is C24H22N6O4. The van der Waals surface area contributed by atoms with Gasteiger partial charge in [0.25, 0.3) is 0 Å². The van der Waals surface area contributed by atoms with Crippen molar-refractivity contribution in [3.63, 3.8) is 0 Å². The molecule has 0 saturated heterocycles. The second-order valence-corrected chi connectivity index (χ2v) is 7.49. The molecule has 3 aromatic rings. The average Bonchev–Trinajstić information content (AvgIpc) is 3.12. The van der Waals surface area contributed by atoms with E-state index in [-0.39, 0.29) is 41.4 Å². The Morgan fingerprint density at radius 1 is 0.941 bits per heavy atom. The lowest BCUT2D eigenvalue weighted by atomic mass is 9.98. The highest BCUT2D eigenvalue weighted by Crippen LogP contribution is 2.44. The third kappa shape index (κ3) is 4.65. The van der Waals surface area contributed by atoms with Crippen molar-refractivity contribution in [2.24, 2.45) is 27.2 Å². The molecule has 0 fully saturated rings. The summed E-state index contributed by atoms with van der Waals surface area (Å²) in [6, 6.07) is 19.9. The number of hydrogen-bond acceptors (Lipinski definition) is 4. The summed E-state index contributed by atoms with van der Waals surface area (Å²) >= 11 is 0. The molecule has 0 heterocycles. The first-order chi connectivity index (χ1) is 16.3. The molecule has 1 aliphatic rings. The molecular weight excluding hydrogens is 436 g/mol. The van der Waals surface area contributed by atoms with Crippen LogP contribution in [-0.2, 0) is 4.74 Å². The van der Waals surface area contributed by atoms with Gasteiger partial charge in [0.2, 0.25) is 5.96 Å². The number of nitrogens with zero attached hydrogens (tertiary/aromatic N) is 2. The zero-order valence-corrected chi connectivity index (χ0v) is 17.9. The van der Waals surface area contributed by atoms with E-state index in [2.05, 4.69) is 15.3 Å². The number of anilines is 1. The molecule has 8 N–H and O–H groups in total. The van der Waals surface area contributed by atoms with Crippen LogP contribution in [0.2, 0.25) is 0 Å². The predicted molar refractivity (Wildman–Crippen MR) is 129 cm³/mol. The minimum atomic E-state index is -1.18. The van der Waals surface area contributed by atoms with Crippen LogP contribution in [0.5, 0.6) is 0 Å². The number of nitrogens with two attached hydrogens (primary N) is 3. The fraction of sp³-hybridized carbons (Fsp3) is 0.0833. The van der Waals surface area contributed by atoms with Crippen LogP contribution in [0.3, 0.4) is 0 Å². The molecule has 0 aromatic heterocycles. The number of carboxylic acids is 1. The highest BCUT2D eigenvalue weighted by molar-refractivity contribution is 5.98. The van der Waals surface area contributed by atoms with Crippen LogP contribution in [-0.4, -0.2) is 35.7 Å². The standard InChI is InChI=1S/C24H22N6O4/c25-22(26)30-23(27)28-19-10-9-13(21(31)32)11-20(19)29-24(33)34-12-18-16-7-3-1-5-14(16)15-6-2-4-8-17(15)18/h1-11,18H,12H2,(H,29,33)(H,31,32)(H6,25,26,27,28,30). The molecule has 172 valence electrons. The van der Waals surface area contributed by atoms with Gasteiger partial charge in [-0.05, 0) is 40.5 Å². The fourth-order valence-electron chi connectivity index (χ4n) is 3.89. The molecule has 10 heteroatoms. The number of aromatic carboxylic acids is 1. The molecule has 0 saturated carbocycles. The number of carbonyl (C=O) groups excluding carboxylic acids is 1. The van der Waals surface area contributed by atoms with Crippen LogP contribution in [0.15, 0.2) is 76.7 Å². The van der Waals surface area contributed by atoms with Crippen LogP contribution in [0.4, 0.5) is 16.2 Å². The monoisotopic (exact) mass is 458 g/mol. The highest BCUT2D eigenvalue weighted by Gasteiger charge is 2.29. The van der Waals surface area contributed by atoms with Gasteiger partial charge < -0.3 is 27.0 Å². The first-order valence-corrected chi connectivity index (χ1v) is 10.3. The number of nitrogens with one attached hydrogen (secondary N) is 1. The normalized spacial score (nSPS) is 12.4. The minimum absolute atomic E-state index is 0.0618. The van der Waals surface area contributed by atoms with E-state index in [4.69, 9.17) is 21.9 Å². The van der Waals surface area contributed by atoms with Crippen molar-refractivity contribution in [1.29, 1.82) is 0 Å². The van der Waals surface area contributed by atoms with Crippen LogP contribution in [0.25, 0.3) is 11.1 Å². The fourth-order valence-corrected chi connectivity index (χ4v) is 3.89. The summed E-state index contributed by atoms with van der Waals surface area (Å²) in [7, 11) is 0. The zero-order chi connectivity index (χ0) is 24.2. The molecule has 0 radical (unpaired) electrons. The summed E-state index contributed by atoms with van der Waals surface area (Å²) in [6.45, 7) is 0.0905. The Bertz CT molecular complexity index is 1290. The van der Waals surface area contributed by atoms with Gasteiger partial charge in [0, 0.05) is 5.92 Å². The Balaban J connectivity index is 1.55. The average molecular weight is 458 g/mol. The van der Waals surface area contributed by atoms with Gasteiger partial charge in [-0.2, -0.15) is 4.99 Å². The number of amides is 1. The lowest BCUT2D eigenvalue weighted by Crippen LogP contribution is -2.26. The van der Waals surface area contributed by atoms with Crippen molar-refractivity contribution in [2.75, 3.05) is 11.9 Å². The first-order valence-electron chi connectivity index (χ1n) is 10.3. The lowest BCUT2D eigenvalue weighted by molar-refractivity contribution is 0.0696. The number of carbonyl (C=O) groups is 2. The maximum Gasteiger partial charge on any atom is 0.411 e. The predicted octanol–water partition coefficient (Wildman–Crippen LogP) is 2.97. The number of aliphatic imine (C=N–C) groups is 2. The van der Waals surface area contributed by atoms with Crippen molar-refractivity contribution < 1.29 is 19.4 Å². The van der Waals surface area contributed by atoms with Gasteiger partial charge >= 0.3 is 12.1 Å². The van der Waals surface area contributed by atoms with Gasteiger partial charge in [-0.25, -0.2) is 14.6 Å². The van der Waals surface area contributed by atoms with E-state index in [1.807, 2.05) is 48.5 Å². The minimum Gasteiger partial charge on any atom is -0.478 e. The largest absolute Gasteiger partial charge is 0.478 e. The number of rotatable bonds is 5. The van der Waals surface area contributed by atoms with E-state index in [0.717, 1.165) is 22.3 Å². The quantitative estimate of drug-likeness (QED) is 0.288. The number of guanidine groups is 2. The zero-order valence-electron chi connectivity index (χ0n) is 17.9. The molecule has 0 spiro atoms. The molecule has 1 amide bonds. The molecule has 10 nitrogen and oxygen atoms in total. The van der Waals surface area contributed by atoms with Gasteiger partial charge in [0.15, 0.2) is 5.96 Å². The van der Waals surface area contributed by atoms with Crippen molar-refractivity contribution >= 4 is 35.4 Å². The van der Waals surface area contributed by atoms with Crippen LogP contribution >= 0.6 is 0 Å². The number of benzene rings is 3. The number of ether oxygens (including phenoxy) is 1. The molecule has 3 aromatic carbocycles. The van der Waals surface area contributed by atoms with Gasteiger partial charge in [-0.3, -0.25) is 5.32 Å². The van der Waals surface area contributed by atoms with Crippen molar-refractivity contribution in [3.8, 4) is 11.1 Å². The summed E-state index contributed by atoms with van der Waals surface area (Å²) in [6.07, 6.45) is -0.777. The molecule has 1 aliphatic carbocycles. The Morgan fingerprint density at radius 2 is 1.56 bits per heavy atom. The number of hydrogen-bond donors (Lipinski definition) is 5.